The molecule has 2 nitrogen and oxygen atoms in total. The zero-order chi connectivity index (χ0) is 10.5. The molecular formula is C10H23AlN2. The minimum atomic E-state index is 0.118. The van der Waals surface area contributed by atoms with Crippen molar-refractivity contribution in [2.45, 2.75) is 39.1 Å². The van der Waals surface area contributed by atoms with Crippen LogP contribution in [0.3, 0.4) is 0 Å². The largest absolute Gasteiger partial charge is 0.301 e. The molecule has 0 aromatic heterocycles. The molecule has 76 valence electrons. The van der Waals surface area contributed by atoms with Gasteiger partial charge in [0.25, 0.3) is 0 Å². The molecule has 0 heterocycles. The number of rotatable bonds is 6. The van der Waals surface area contributed by atoms with Crippen molar-refractivity contribution in [1.82, 2.24) is 9.80 Å². The van der Waals surface area contributed by atoms with E-state index in [2.05, 4.69) is 60.7 Å². The molecule has 0 rings (SSSR count). The third kappa shape index (κ3) is 3.25. The Morgan fingerprint density at radius 2 is 1.08 bits per heavy atom. The molecular weight excluding hydrogens is 175 g/mol. The highest BCUT2D eigenvalue weighted by Crippen LogP contribution is 2.15. The van der Waals surface area contributed by atoms with Gasteiger partial charge in [-0.05, 0) is 37.6 Å². The fourth-order valence-corrected chi connectivity index (χ4v) is 2.66. The molecule has 0 fully saturated rings. The lowest BCUT2D eigenvalue weighted by molar-refractivity contribution is 0.0333. The summed E-state index contributed by atoms with van der Waals surface area (Å²) in [6.45, 7) is 15.6. The van der Waals surface area contributed by atoms with Crippen molar-refractivity contribution in [3.05, 3.63) is 0 Å². The van der Waals surface area contributed by atoms with Gasteiger partial charge in [0, 0.05) is 0 Å². The summed E-state index contributed by atoms with van der Waals surface area (Å²) in [4.78, 5) is 4.93. The lowest BCUT2D eigenvalue weighted by Crippen LogP contribution is -2.59. The van der Waals surface area contributed by atoms with Crippen molar-refractivity contribution in [2.75, 3.05) is 26.2 Å². The van der Waals surface area contributed by atoms with E-state index in [1.807, 2.05) is 0 Å². The first-order chi connectivity index (χ1) is 6.04. The van der Waals surface area contributed by atoms with E-state index in [-0.39, 0.29) is 4.52 Å². The van der Waals surface area contributed by atoms with E-state index < -0.39 is 0 Å². The molecule has 0 aromatic rings. The van der Waals surface area contributed by atoms with Crippen LogP contribution in [-0.2, 0) is 0 Å². The Kier molecular flexibility index (Phi) is 6.24. The van der Waals surface area contributed by atoms with Gasteiger partial charge in [0.1, 0.15) is 0 Å². The highest BCUT2D eigenvalue weighted by atomic mass is 27.0. The van der Waals surface area contributed by atoms with Crippen molar-refractivity contribution in [1.29, 1.82) is 0 Å². The maximum atomic E-state index is 2.98. The van der Waals surface area contributed by atoms with Crippen molar-refractivity contribution in [3.8, 4) is 0 Å². The number of hydrogen-bond acceptors (Lipinski definition) is 2. The molecule has 0 saturated heterocycles. The van der Waals surface area contributed by atoms with Gasteiger partial charge in [0.2, 0.25) is 0 Å². The van der Waals surface area contributed by atoms with Crippen LogP contribution in [0.15, 0.2) is 0 Å². The molecule has 0 spiro atoms. The standard InChI is InChI=1S/C10H23N2.Al/c1-6-11(7-2)10(5)12(8-3)9-4;/h6-9H2,1-5H3;. The van der Waals surface area contributed by atoms with Crippen molar-refractivity contribution >= 4 is 16.3 Å². The quantitative estimate of drug-likeness (QED) is 0.471. The smallest absolute Gasteiger partial charge is 0.181 e. The molecule has 0 aliphatic rings. The van der Waals surface area contributed by atoms with Crippen LogP contribution in [0.4, 0.5) is 0 Å². The Hall–Kier alpha value is 0.452. The maximum absolute atomic E-state index is 2.98. The molecule has 0 aliphatic carbocycles. The highest BCUT2D eigenvalue weighted by molar-refractivity contribution is 6.14. The Balaban J connectivity index is 4.48. The van der Waals surface area contributed by atoms with Gasteiger partial charge < -0.3 is 9.80 Å². The first-order valence-electron chi connectivity index (χ1n) is 5.33. The summed E-state index contributed by atoms with van der Waals surface area (Å²) in [5.74, 6) is 0. The van der Waals surface area contributed by atoms with Crippen molar-refractivity contribution in [2.24, 2.45) is 0 Å². The van der Waals surface area contributed by atoms with Crippen LogP contribution in [0.2, 0.25) is 0 Å². The fourth-order valence-electron chi connectivity index (χ4n) is 1.93. The van der Waals surface area contributed by atoms with E-state index in [0.717, 1.165) is 26.2 Å². The summed E-state index contributed by atoms with van der Waals surface area (Å²) in [7, 11) is 0. The molecule has 0 saturated carbocycles. The van der Waals surface area contributed by atoms with Crippen molar-refractivity contribution < 1.29 is 0 Å². The second kappa shape index (κ2) is 6.03. The van der Waals surface area contributed by atoms with Crippen molar-refractivity contribution in [3.63, 3.8) is 0 Å². The van der Waals surface area contributed by atoms with Gasteiger partial charge in [-0.3, -0.25) is 0 Å². The van der Waals surface area contributed by atoms with Crippen LogP contribution >= 0.6 is 0 Å². The summed E-state index contributed by atoms with van der Waals surface area (Å²) in [5, 5.41) is 0. The summed E-state index contributed by atoms with van der Waals surface area (Å²) < 4.78 is 0.118. The Labute approximate surface area is 91.7 Å². The third-order valence-electron chi connectivity index (χ3n) is 2.81. The predicted molar refractivity (Wildman–Crippen MR) is 60.0 cm³/mol. The lowest BCUT2D eigenvalue weighted by Gasteiger charge is -2.47. The first kappa shape index (κ1) is 13.5. The second-order valence-corrected chi connectivity index (χ2v) is 4.53. The van der Waals surface area contributed by atoms with Gasteiger partial charge in [-0.25, -0.2) is 0 Å². The van der Waals surface area contributed by atoms with Crippen LogP contribution in [0.5, 0.6) is 0 Å². The van der Waals surface area contributed by atoms with E-state index in [9.17, 15) is 0 Å². The van der Waals surface area contributed by atoms with E-state index in [1.54, 1.807) is 0 Å². The van der Waals surface area contributed by atoms with Crippen LogP contribution in [0.1, 0.15) is 34.6 Å². The molecule has 0 aromatic carbocycles. The van der Waals surface area contributed by atoms with Gasteiger partial charge >= 0.3 is 0 Å². The molecule has 0 unspecified atom stereocenters. The average Bonchev–Trinajstić information content (AvgIpc) is 2.07. The summed E-state index contributed by atoms with van der Waals surface area (Å²) >= 11 is 2.98. The number of hydrogen-bond donors (Lipinski definition) is 0. The van der Waals surface area contributed by atoms with Gasteiger partial charge in [0.05, 0.1) is 0 Å². The van der Waals surface area contributed by atoms with Crippen LogP contribution in [0, 0.1) is 0 Å². The maximum Gasteiger partial charge on any atom is 0.181 e. The average molecular weight is 198 g/mol. The molecule has 3 heteroatoms. The summed E-state index contributed by atoms with van der Waals surface area (Å²) in [6, 6.07) is 0. The van der Waals surface area contributed by atoms with Crippen LogP contribution in [0.25, 0.3) is 0 Å². The van der Waals surface area contributed by atoms with Gasteiger partial charge in [0.15, 0.2) is 16.3 Å². The summed E-state index contributed by atoms with van der Waals surface area (Å²) in [6.07, 6.45) is 0. The Morgan fingerprint density at radius 1 is 0.846 bits per heavy atom. The van der Waals surface area contributed by atoms with E-state index in [4.69, 9.17) is 0 Å². The molecule has 0 N–H and O–H groups in total. The van der Waals surface area contributed by atoms with E-state index in [0.29, 0.717) is 0 Å². The van der Waals surface area contributed by atoms with Gasteiger partial charge in [-0.2, -0.15) is 0 Å². The van der Waals surface area contributed by atoms with Crippen LogP contribution < -0.4 is 0 Å². The predicted octanol–water partition coefficient (Wildman–Crippen LogP) is 1.51. The fraction of sp³-hybridized carbons (Fsp3) is 1.00. The number of nitrogens with zero attached hydrogens (tertiary/aromatic N) is 2. The minimum absolute atomic E-state index is 0.118. The van der Waals surface area contributed by atoms with E-state index in [1.165, 1.54) is 0 Å². The third-order valence-corrected chi connectivity index (χ3v) is 3.54. The lowest BCUT2D eigenvalue weighted by atomic mass is 10.3. The highest BCUT2D eigenvalue weighted by Gasteiger charge is 2.27. The topological polar surface area (TPSA) is 6.48 Å². The summed E-state index contributed by atoms with van der Waals surface area (Å²) in [5.41, 5.74) is 0. The van der Waals surface area contributed by atoms with E-state index >= 15 is 0 Å². The SMILES string of the molecule is CCN(CC)[C](C)([Al])N(CC)CC. The Bertz CT molecular complexity index is 115. The zero-order valence-corrected chi connectivity index (χ0v) is 11.0. The normalized spacial score (nSPS) is 12.8. The molecule has 0 amide bonds. The second-order valence-electron chi connectivity index (χ2n) is 3.44. The molecule has 0 aliphatic heterocycles. The van der Waals surface area contributed by atoms with Gasteiger partial charge in [-0.1, -0.05) is 27.7 Å². The van der Waals surface area contributed by atoms with Gasteiger partial charge in [-0.15, -0.1) is 0 Å². The monoisotopic (exact) mass is 198 g/mol. The molecule has 0 atom stereocenters. The Morgan fingerprint density at radius 3 is 1.23 bits per heavy atom. The molecule has 13 heavy (non-hydrogen) atoms. The molecule has 0 bridgehead atoms. The van der Waals surface area contributed by atoms with Crippen LogP contribution in [-0.4, -0.2) is 56.8 Å². The molecule has 2 radical (unpaired) electrons. The zero-order valence-electron chi connectivity index (χ0n) is 9.80. The first-order valence-corrected chi connectivity index (χ1v) is 5.91. The minimum Gasteiger partial charge on any atom is -0.301 e.